The summed E-state index contributed by atoms with van der Waals surface area (Å²) in [6.07, 6.45) is 11.8. The third-order valence-corrected chi connectivity index (χ3v) is 3.25. The Kier molecular flexibility index (Phi) is 13.5. The fourth-order valence-electron chi connectivity index (χ4n) is 1.97. The molecule has 0 fully saturated rings. The number of allylic oxidation sites excluding steroid dienone is 1. The second-order valence-corrected chi connectivity index (χ2v) is 5.26. The molecule has 2 N–H and O–H groups in total. The van der Waals surface area contributed by atoms with Crippen LogP contribution in [-0.4, -0.2) is 29.5 Å². The van der Waals surface area contributed by atoms with Crippen LogP contribution in [0, 0.1) is 0 Å². The minimum absolute atomic E-state index is 0.146. The van der Waals surface area contributed by atoms with Crippen LogP contribution < -0.4 is 0 Å². The van der Waals surface area contributed by atoms with E-state index in [9.17, 15) is 0 Å². The van der Waals surface area contributed by atoms with Crippen LogP contribution in [0.25, 0.3) is 0 Å². The average Bonchev–Trinajstić information content (AvgIpc) is 2.42. The van der Waals surface area contributed by atoms with Gasteiger partial charge in [-0.05, 0) is 6.42 Å². The highest BCUT2D eigenvalue weighted by molar-refractivity contribution is 4.82. The molecule has 0 radical (unpaired) electrons. The van der Waals surface area contributed by atoms with Gasteiger partial charge in [0, 0.05) is 6.42 Å². The van der Waals surface area contributed by atoms with Crippen molar-refractivity contribution in [2.75, 3.05) is 13.2 Å². The number of aliphatic hydroxyl groups excluding tert-OH is 2. The van der Waals surface area contributed by atoms with E-state index in [0.717, 1.165) is 18.6 Å². The number of hydrogen-bond acceptors (Lipinski definition) is 3. The van der Waals surface area contributed by atoms with E-state index in [1.807, 2.05) is 0 Å². The van der Waals surface area contributed by atoms with Gasteiger partial charge in [0.15, 0.2) is 0 Å². The Labute approximate surface area is 118 Å². The number of aliphatic hydroxyl groups is 2. The highest BCUT2D eigenvalue weighted by Gasteiger charge is 2.03. The molecule has 0 aliphatic rings. The Bertz CT molecular complexity index is 204. The van der Waals surface area contributed by atoms with Crippen molar-refractivity contribution >= 4 is 0 Å². The molecule has 0 aliphatic carbocycles. The molecule has 0 saturated carbocycles. The molecule has 1 unspecified atom stereocenters. The van der Waals surface area contributed by atoms with Gasteiger partial charge in [0.1, 0.15) is 12.7 Å². The van der Waals surface area contributed by atoms with Crippen LogP contribution in [0.3, 0.4) is 0 Å². The van der Waals surface area contributed by atoms with Gasteiger partial charge in [-0.3, -0.25) is 0 Å². The molecule has 0 amide bonds. The van der Waals surface area contributed by atoms with E-state index < -0.39 is 6.10 Å². The molecule has 0 aromatic heterocycles. The zero-order valence-corrected chi connectivity index (χ0v) is 12.6. The third kappa shape index (κ3) is 13.7. The van der Waals surface area contributed by atoms with Crippen molar-refractivity contribution in [3.05, 3.63) is 12.3 Å². The fourth-order valence-corrected chi connectivity index (χ4v) is 1.97. The van der Waals surface area contributed by atoms with Crippen LogP contribution in [-0.2, 0) is 4.74 Å². The fraction of sp³-hybridized carbons (Fsp3) is 0.875. The first kappa shape index (κ1) is 18.5. The van der Waals surface area contributed by atoms with Crippen LogP contribution in [0.2, 0.25) is 0 Å². The Morgan fingerprint density at radius 1 is 1.00 bits per heavy atom. The van der Waals surface area contributed by atoms with E-state index in [2.05, 4.69) is 13.5 Å². The van der Waals surface area contributed by atoms with Crippen LogP contribution in [0.1, 0.15) is 71.1 Å². The molecule has 19 heavy (non-hydrogen) atoms. The van der Waals surface area contributed by atoms with Crippen molar-refractivity contribution in [2.45, 2.75) is 77.2 Å². The molecule has 0 aromatic rings. The zero-order chi connectivity index (χ0) is 14.3. The lowest BCUT2D eigenvalue weighted by molar-refractivity contribution is 0.0284. The van der Waals surface area contributed by atoms with E-state index in [1.165, 1.54) is 51.4 Å². The maximum Gasteiger partial charge on any atom is 0.116 e. The molecular formula is C16H32O3. The second kappa shape index (κ2) is 13.9. The maximum atomic E-state index is 9.12. The zero-order valence-electron chi connectivity index (χ0n) is 12.6. The highest BCUT2D eigenvalue weighted by Crippen LogP contribution is 2.13. The first-order chi connectivity index (χ1) is 9.20. The summed E-state index contributed by atoms with van der Waals surface area (Å²) in [5, 5.41) is 17.8. The molecule has 0 spiro atoms. The standard InChI is InChI=1S/C16H32O3/c1-3-4-5-6-7-8-9-10-11-12-15(2)19-14-16(18)13-17/h16-18H,2-14H2,1H3. The predicted octanol–water partition coefficient (Wildman–Crippen LogP) is 3.79. The van der Waals surface area contributed by atoms with Gasteiger partial charge in [-0.2, -0.15) is 0 Å². The summed E-state index contributed by atoms with van der Waals surface area (Å²) in [5.74, 6) is 0.718. The van der Waals surface area contributed by atoms with Crippen LogP contribution in [0.4, 0.5) is 0 Å². The van der Waals surface area contributed by atoms with Crippen molar-refractivity contribution in [3.8, 4) is 0 Å². The largest absolute Gasteiger partial charge is 0.496 e. The molecule has 3 nitrogen and oxygen atoms in total. The quantitative estimate of drug-likeness (QED) is 0.373. The molecule has 1 atom stereocenters. The minimum Gasteiger partial charge on any atom is -0.496 e. The minimum atomic E-state index is -0.792. The SMILES string of the molecule is C=C(CCCCCCCCCCC)OCC(O)CO. The Balaban J connectivity index is 3.18. The van der Waals surface area contributed by atoms with E-state index in [4.69, 9.17) is 14.9 Å². The second-order valence-electron chi connectivity index (χ2n) is 5.26. The van der Waals surface area contributed by atoms with Gasteiger partial charge in [0.2, 0.25) is 0 Å². The molecule has 0 saturated heterocycles. The number of ether oxygens (including phenoxy) is 1. The highest BCUT2D eigenvalue weighted by atomic mass is 16.5. The number of rotatable bonds is 14. The number of hydrogen-bond donors (Lipinski definition) is 2. The average molecular weight is 272 g/mol. The summed E-state index contributed by atoms with van der Waals surface area (Å²) in [4.78, 5) is 0. The Morgan fingerprint density at radius 2 is 1.53 bits per heavy atom. The van der Waals surface area contributed by atoms with Gasteiger partial charge in [0.25, 0.3) is 0 Å². The van der Waals surface area contributed by atoms with Crippen molar-refractivity contribution in [1.82, 2.24) is 0 Å². The van der Waals surface area contributed by atoms with Crippen molar-refractivity contribution in [1.29, 1.82) is 0 Å². The van der Waals surface area contributed by atoms with Crippen LogP contribution in [0.15, 0.2) is 12.3 Å². The molecule has 0 bridgehead atoms. The molecule has 3 heteroatoms. The summed E-state index contributed by atoms with van der Waals surface area (Å²) in [5.41, 5.74) is 0. The Morgan fingerprint density at radius 3 is 2.05 bits per heavy atom. The predicted molar refractivity (Wildman–Crippen MR) is 80.0 cm³/mol. The molecule has 0 aliphatic heterocycles. The van der Waals surface area contributed by atoms with Gasteiger partial charge < -0.3 is 14.9 Å². The smallest absolute Gasteiger partial charge is 0.116 e. The van der Waals surface area contributed by atoms with Gasteiger partial charge in [0.05, 0.1) is 12.4 Å². The normalized spacial score (nSPS) is 12.4. The number of unbranched alkanes of at least 4 members (excludes halogenated alkanes) is 8. The lowest BCUT2D eigenvalue weighted by atomic mass is 10.1. The van der Waals surface area contributed by atoms with E-state index in [-0.39, 0.29) is 13.2 Å². The van der Waals surface area contributed by atoms with Gasteiger partial charge in [-0.25, -0.2) is 0 Å². The van der Waals surface area contributed by atoms with E-state index in [1.54, 1.807) is 0 Å². The van der Waals surface area contributed by atoms with Crippen molar-refractivity contribution in [2.24, 2.45) is 0 Å². The summed E-state index contributed by atoms with van der Waals surface area (Å²) >= 11 is 0. The Hall–Kier alpha value is -0.540. The third-order valence-electron chi connectivity index (χ3n) is 3.25. The molecule has 0 rings (SSSR count). The van der Waals surface area contributed by atoms with Crippen LogP contribution in [0.5, 0.6) is 0 Å². The van der Waals surface area contributed by atoms with E-state index in [0.29, 0.717) is 0 Å². The molecule has 114 valence electrons. The van der Waals surface area contributed by atoms with Gasteiger partial charge >= 0.3 is 0 Å². The first-order valence-corrected chi connectivity index (χ1v) is 7.80. The molecular weight excluding hydrogens is 240 g/mol. The van der Waals surface area contributed by atoms with Gasteiger partial charge in [-0.15, -0.1) is 0 Å². The monoisotopic (exact) mass is 272 g/mol. The van der Waals surface area contributed by atoms with Crippen molar-refractivity contribution in [3.63, 3.8) is 0 Å². The lowest BCUT2D eigenvalue weighted by Gasteiger charge is -2.11. The maximum absolute atomic E-state index is 9.12. The lowest BCUT2D eigenvalue weighted by Crippen LogP contribution is -2.18. The van der Waals surface area contributed by atoms with Gasteiger partial charge in [-0.1, -0.05) is 64.9 Å². The summed E-state index contributed by atoms with van der Waals surface area (Å²) in [7, 11) is 0. The summed E-state index contributed by atoms with van der Waals surface area (Å²) < 4.78 is 5.26. The first-order valence-electron chi connectivity index (χ1n) is 7.80. The van der Waals surface area contributed by atoms with E-state index >= 15 is 0 Å². The summed E-state index contributed by atoms with van der Waals surface area (Å²) in [6, 6.07) is 0. The van der Waals surface area contributed by atoms with Crippen molar-refractivity contribution < 1.29 is 14.9 Å². The van der Waals surface area contributed by atoms with Crippen LogP contribution >= 0.6 is 0 Å². The topological polar surface area (TPSA) is 49.7 Å². The molecule has 0 aromatic carbocycles. The summed E-state index contributed by atoms with van der Waals surface area (Å²) in [6.45, 7) is 5.95. The molecule has 0 heterocycles.